The predicted molar refractivity (Wildman–Crippen MR) is 108 cm³/mol. The molecule has 1 aromatic carbocycles. The molecule has 26 heavy (non-hydrogen) atoms. The highest BCUT2D eigenvalue weighted by atomic mass is 32.2. The Morgan fingerprint density at radius 2 is 1.96 bits per heavy atom. The molecule has 1 unspecified atom stereocenters. The highest BCUT2D eigenvalue weighted by Crippen LogP contribution is 2.15. The molecule has 0 saturated carbocycles. The van der Waals surface area contributed by atoms with Crippen LogP contribution in [-0.4, -0.2) is 64.8 Å². The Morgan fingerprint density at radius 1 is 1.23 bits per heavy atom. The summed E-state index contributed by atoms with van der Waals surface area (Å²) >= 11 is 0. The third kappa shape index (κ3) is 6.29. The molecule has 1 aliphatic rings. The summed E-state index contributed by atoms with van der Waals surface area (Å²) in [6, 6.07) is 7.65. The maximum atomic E-state index is 11.5. The first-order valence-corrected chi connectivity index (χ1v) is 11.3. The number of sulfone groups is 1. The lowest BCUT2D eigenvalue weighted by Gasteiger charge is -2.35. The first-order valence-electron chi connectivity index (χ1n) is 9.41. The minimum absolute atomic E-state index is 0.361. The van der Waals surface area contributed by atoms with Gasteiger partial charge in [0.1, 0.15) is 0 Å². The summed E-state index contributed by atoms with van der Waals surface area (Å²) in [6.45, 7) is 6.18. The quantitative estimate of drug-likeness (QED) is 0.556. The summed E-state index contributed by atoms with van der Waals surface area (Å²) in [4.78, 5) is 7.19. The fraction of sp³-hybridized carbons (Fsp3) is 0.632. The monoisotopic (exact) mass is 380 g/mol. The molecule has 0 aromatic heterocycles. The van der Waals surface area contributed by atoms with E-state index in [0.29, 0.717) is 10.9 Å². The van der Waals surface area contributed by atoms with E-state index >= 15 is 0 Å². The fourth-order valence-electron chi connectivity index (χ4n) is 3.37. The standard InChI is InChI=1S/C19H32N4O2S/c1-4-23-14-6-5-7-17(23)15-22-19(20-2)21-13-12-16-8-10-18(11-9-16)26(3,24)25/h8-11,17H,4-7,12-15H2,1-3H3,(H2,20,21,22). The van der Waals surface area contributed by atoms with Crippen LogP contribution in [0.25, 0.3) is 0 Å². The van der Waals surface area contributed by atoms with Gasteiger partial charge < -0.3 is 10.6 Å². The molecule has 0 bridgehead atoms. The van der Waals surface area contributed by atoms with E-state index in [4.69, 9.17) is 0 Å². The second-order valence-corrected chi connectivity index (χ2v) is 8.84. The number of benzene rings is 1. The molecule has 1 aromatic rings. The zero-order valence-electron chi connectivity index (χ0n) is 16.2. The first-order chi connectivity index (χ1) is 12.4. The van der Waals surface area contributed by atoms with Gasteiger partial charge in [0, 0.05) is 32.4 Å². The minimum Gasteiger partial charge on any atom is -0.356 e. The average molecular weight is 381 g/mol. The van der Waals surface area contributed by atoms with Crippen molar-refractivity contribution in [3.05, 3.63) is 29.8 Å². The molecule has 1 aliphatic heterocycles. The Hall–Kier alpha value is -1.60. The van der Waals surface area contributed by atoms with Gasteiger partial charge >= 0.3 is 0 Å². The van der Waals surface area contributed by atoms with Crippen LogP contribution >= 0.6 is 0 Å². The smallest absolute Gasteiger partial charge is 0.191 e. The van der Waals surface area contributed by atoms with Gasteiger partial charge in [-0.3, -0.25) is 9.89 Å². The van der Waals surface area contributed by atoms with Gasteiger partial charge in [-0.25, -0.2) is 8.42 Å². The SMILES string of the molecule is CCN1CCCCC1CNC(=NC)NCCc1ccc(S(C)(=O)=O)cc1. The van der Waals surface area contributed by atoms with Gasteiger partial charge in [-0.15, -0.1) is 0 Å². The molecule has 1 fully saturated rings. The minimum atomic E-state index is -3.13. The third-order valence-electron chi connectivity index (χ3n) is 4.94. The molecule has 2 N–H and O–H groups in total. The molecule has 1 saturated heterocycles. The van der Waals surface area contributed by atoms with Gasteiger partial charge in [0.2, 0.25) is 0 Å². The number of likely N-dealkylation sites (N-methyl/N-ethyl adjacent to an activating group) is 1. The summed E-state index contributed by atoms with van der Waals surface area (Å²) in [7, 11) is -1.34. The largest absolute Gasteiger partial charge is 0.356 e. The van der Waals surface area contributed by atoms with E-state index in [-0.39, 0.29) is 0 Å². The number of aliphatic imine (C=N–C) groups is 1. The Bertz CT molecular complexity index is 686. The first kappa shape index (κ1) is 20.7. The molecule has 7 heteroatoms. The van der Waals surface area contributed by atoms with Crippen LogP contribution in [0.4, 0.5) is 0 Å². The van der Waals surface area contributed by atoms with Crippen LogP contribution in [-0.2, 0) is 16.3 Å². The average Bonchev–Trinajstić information content (AvgIpc) is 2.64. The Morgan fingerprint density at radius 3 is 2.58 bits per heavy atom. The van der Waals surface area contributed by atoms with Crippen LogP contribution in [0.5, 0.6) is 0 Å². The molecular formula is C19H32N4O2S. The summed E-state index contributed by atoms with van der Waals surface area (Å²) in [5.41, 5.74) is 1.10. The van der Waals surface area contributed by atoms with Crippen LogP contribution < -0.4 is 10.6 Å². The molecule has 2 rings (SSSR count). The predicted octanol–water partition coefficient (Wildman–Crippen LogP) is 1.67. The summed E-state index contributed by atoms with van der Waals surface area (Å²) < 4.78 is 23.0. The maximum Gasteiger partial charge on any atom is 0.191 e. The van der Waals surface area contributed by atoms with E-state index in [2.05, 4.69) is 27.4 Å². The van der Waals surface area contributed by atoms with Crippen LogP contribution in [0.1, 0.15) is 31.7 Å². The highest BCUT2D eigenvalue weighted by Gasteiger charge is 2.20. The van der Waals surface area contributed by atoms with Crippen molar-refractivity contribution in [2.75, 3.05) is 39.5 Å². The van der Waals surface area contributed by atoms with Crippen molar-refractivity contribution in [3.63, 3.8) is 0 Å². The molecule has 1 atom stereocenters. The normalized spacial score (nSPS) is 19.3. The molecule has 6 nitrogen and oxygen atoms in total. The molecular weight excluding hydrogens is 348 g/mol. The topological polar surface area (TPSA) is 73.8 Å². The van der Waals surface area contributed by atoms with Gasteiger partial charge in [-0.2, -0.15) is 0 Å². The maximum absolute atomic E-state index is 11.5. The number of nitrogens with zero attached hydrogens (tertiary/aromatic N) is 2. The van der Waals surface area contributed by atoms with Crippen LogP contribution in [0.2, 0.25) is 0 Å². The van der Waals surface area contributed by atoms with Crippen molar-refractivity contribution in [1.29, 1.82) is 0 Å². The van der Waals surface area contributed by atoms with Gasteiger partial charge in [0.25, 0.3) is 0 Å². The van der Waals surface area contributed by atoms with Crippen molar-refractivity contribution in [3.8, 4) is 0 Å². The lowest BCUT2D eigenvalue weighted by atomic mass is 10.0. The van der Waals surface area contributed by atoms with Gasteiger partial charge in [-0.05, 0) is 50.0 Å². The molecule has 1 heterocycles. The highest BCUT2D eigenvalue weighted by molar-refractivity contribution is 7.90. The van der Waals surface area contributed by atoms with Gasteiger partial charge in [0.05, 0.1) is 4.90 Å². The zero-order valence-corrected chi connectivity index (χ0v) is 17.0. The van der Waals surface area contributed by atoms with E-state index in [1.165, 1.54) is 32.1 Å². The summed E-state index contributed by atoms with van der Waals surface area (Å²) in [6.07, 6.45) is 5.89. The van der Waals surface area contributed by atoms with Gasteiger partial charge in [-0.1, -0.05) is 25.5 Å². The second-order valence-electron chi connectivity index (χ2n) is 6.82. The van der Waals surface area contributed by atoms with Crippen LogP contribution in [0.3, 0.4) is 0 Å². The summed E-state index contributed by atoms with van der Waals surface area (Å²) in [5, 5.41) is 6.77. The summed E-state index contributed by atoms with van der Waals surface area (Å²) in [5.74, 6) is 0.819. The third-order valence-corrected chi connectivity index (χ3v) is 6.07. The number of hydrogen-bond acceptors (Lipinski definition) is 4. The molecule has 0 spiro atoms. The van der Waals surface area contributed by atoms with Crippen molar-refractivity contribution in [2.45, 2.75) is 43.5 Å². The number of likely N-dealkylation sites (tertiary alicyclic amines) is 1. The molecule has 0 amide bonds. The van der Waals surface area contributed by atoms with Crippen LogP contribution in [0, 0.1) is 0 Å². The van der Waals surface area contributed by atoms with Crippen molar-refractivity contribution in [2.24, 2.45) is 4.99 Å². The van der Waals surface area contributed by atoms with E-state index in [9.17, 15) is 8.42 Å². The Balaban J connectivity index is 1.76. The number of guanidine groups is 1. The van der Waals surface area contributed by atoms with Crippen molar-refractivity contribution in [1.82, 2.24) is 15.5 Å². The number of nitrogens with one attached hydrogen (secondary N) is 2. The van der Waals surface area contributed by atoms with Gasteiger partial charge in [0.15, 0.2) is 15.8 Å². The Kier molecular flexibility index (Phi) is 7.90. The van der Waals surface area contributed by atoms with E-state index in [0.717, 1.165) is 37.6 Å². The lowest BCUT2D eigenvalue weighted by molar-refractivity contribution is 0.157. The lowest BCUT2D eigenvalue weighted by Crippen LogP contribution is -2.49. The fourth-order valence-corrected chi connectivity index (χ4v) is 4.00. The van der Waals surface area contributed by atoms with E-state index in [1.54, 1.807) is 19.2 Å². The van der Waals surface area contributed by atoms with Crippen LogP contribution in [0.15, 0.2) is 34.2 Å². The number of rotatable bonds is 7. The second kappa shape index (κ2) is 9.92. The van der Waals surface area contributed by atoms with Crippen molar-refractivity contribution >= 4 is 15.8 Å². The molecule has 146 valence electrons. The molecule has 0 aliphatic carbocycles. The Labute approximate surface area is 158 Å². The number of hydrogen-bond donors (Lipinski definition) is 2. The van der Waals surface area contributed by atoms with Crippen molar-refractivity contribution < 1.29 is 8.42 Å². The molecule has 0 radical (unpaired) electrons. The van der Waals surface area contributed by atoms with E-state index in [1.807, 2.05) is 12.1 Å². The number of piperidine rings is 1. The van der Waals surface area contributed by atoms with E-state index < -0.39 is 9.84 Å². The zero-order chi connectivity index (χ0) is 19.0.